The number of ether oxygens (including phenoxy) is 2. The van der Waals surface area contributed by atoms with Gasteiger partial charge in [-0.1, -0.05) is 6.07 Å². The summed E-state index contributed by atoms with van der Waals surface area (Å²) in [6.07, 6.45) is 2.50. The Kier molecular flexibility index (Phi) is 8.58. The Morgan fingerprint density at radius 1 is 1.29 bits per heavy atom. The van der Waals surface area contributed by atoms with E-state index in [0.29, 0.717) is 30.2 Å². The molecule has 8 heteroatoms. The second kappa shape index (κ2) is 11.2. The van der Waals surface area contributed by atoms with Crippen LogP contribution >= 0.6 is 0 Å². The zero-order valence-corrected chi connectivity index (χ0v) is 16.9. The molecule has 0 atom stereocenters. The quantitative estimate of drug-likeness (QED) is 0.288. The summed E-state index contributed by atoms with van der Waals surface area (Å²) in [5.74, 6) is 0.984. The van der Waals surface area contributed by atoms with E-state index < -0.39 is 5.97 Å². The first-order valence-electron chi connectivity index (χ1n) is 9.64. The van der Waals surface area contributed by atoms with E-state index >= 15 is 0 Å². The third kappa shape index (κ3) is 6.14. The fourth-order valence-corrected chi connectivity index (χ4v) is 3.05. The van der Waals surface area contributed by atoms with Crippen molar-refractivity contribution < 1.29 is 19.1 Å². The monoisotopic (exact) mass is 390 g/mol. The minimum absolute atomic E-state index is 0.251. The molecule has 2 rings (SSSR count). The first-order valence-corrected chi connectivity index (χ1v) is 9.64. The lowest BCUT2D eigenvalue weighted by Crippen LogP contribution is -2.39. The number of rotatable bonds is 9. The number of benzene rings is 1. The molecular formula is C20H30N4O4. The number of nitrogens with zero attached hydrogens (tertiary/aromatic N) is 2. The Hall–Kier alpha value is -2.77. The van der Waals surface area contributed by atoms with Gasteiger partial charge in [0, 0.05) is 32.6 Å². The zero-order chi connectivity index (χ0) is 20.4. The zero-order valence-electron chi connectivity index (χ0n) is 16.9. The van der Waals surface area contributed by atoms with Crippen LogP contribution in [0, 0.1) is 0 Å². The van der Waals surface area contributed by atoms with Crippen LogP contribution in [-0.4, -0.2) is 63.1 Å². The highest BCUT2D eigenvalue weighted by Crippen LogP contribution is 2.21. The van der Waals surface area contributed by atoms with Crippen LogP contribution in [0.3, 0.4) is 0 Å². The Bertz CT molecular complexity index is 705. The van der Waals surface area contributed by atoms with Crippen molar-refractivity contribution in [3.8, 4) is 5.75 Å². The fraction of sp³-hybridized carbons (Fsp3) is 0.550. The second-order valence-corrected chi connectivity index (χ2v) is 6.49. The average Bonchev–Trinajstić information content (AvgIpc) is 3.13. The lowest BCUT2D eigenvalue weighted by molar-refractivity contribution is -0.127. The number of carbonyl (C=O) groups excluding carboxylic acids is 2. The molecule has 0 unspecified atom stereocenters. The summed E-state index contributed by atoms with van der Waals surface area (Å²) in [6.45, 7) is 5.52. The first kappa shape index (κ1) is 21.5. The standard InChI is InChI=1S/C20H30N4O4/c1-4-21-20(22-10-6-12-24-11-5-7-18(24)25)23-14-15-8-9-17(27-2)16(13-15)19(26)28-3/h8-9,13H,4-7,10-12,14H2,1-3H3,(H2,21,22,23). The molecule has 1 aliphatic rings. The van der Waals surface area contributed by atoms with Gasteiger partial charge in [-0.25, -0.2) is 9.79 Å². The average molecular weight is 390 g/mol. The SMILES string of the molecule is CCNC(=NCc1ccc(OC)c(C(=O)OC)c1)NCCCN1CCCC1=O. The normalized spacial score (nSPS) is 14.2. The third-order valence-corrected chi connectivity index (χ3v) is 4.50. The van der Waals surface area contributed by atoms with Crippen LogP contribution in [0.5, 0.6) is 5.75 Å². The number of guanidine groups is 1. The van der Waals surface area contributed by atoms with Gasteiger partial charge in [0.05, 0.1) is 20.8 Å². The van der Waals surface area contributed by atoms with E-state index in [1.54, 1.807) is 12.1 Å². The Labute approximate surface area is 166 Å². The minimum Gasteiger partial charge on any atom is -0.496 e. The molecule has 1 fully saturated rings. The van der Waals surface area contributed by atoms with Gasteiger partial charge in [-0.15, -0.1) is 0 Å². The van der Waals surface area contributed by atoms with E-state index in [-0.39, 0.29) is 5.91 Å². The number of nitrogens with one attached hydrogen (secondary N) is 2. The van der Waals surface area contributed by atoms with Gasteiger partial charge in [-0.05, 0) is 37.5 Å². The number of hydrogen-bond acceptors (Lipinski definition) is 5. The molecule has 0 aromatic heterocycles. The summed E-state index contributed by atoms with van der Waals surface area (Å²) >= 11 is 0. The van der Waals surface area contributed by atoms with Crippen molar-refractivity contribution in [1.29, 1.82) is 0 Å². The summed E-state index contributed by atoms with van der Waals surface area (Å²) in [5, 5.41) is 6.49. The molecular weight excluding hydrogens is 360 g/mol. The van der Waals surface area contributed by atoms with Crippen molar-refractivity contribution in [2.75, 3.05) is 40.4 Å². The van der Waals surface area contributed by atoms with Crippen LogP contribution < -0.4 is 15.4 Å². The molecule has 1 aromatic rings. The van der Waals surface area contributed by atoms with Crippen molar-refractivity contribution >= 4 is 17.8 Å². The summed E-state index contributed by atoms with van der Waals surface area (Å²) < 4.78 is 10.0. The largest absolute Gasteiger partial charge is 0.496 e. The van der Waals surface area contributed by atoms with Gasteiger partial charge in [-0.2, -0.15) is 0 Å². The molecule has 1 heterocycles. The topological polar surface area (TPSA) is 92.3 Å². The molecule has 1 aliphatic heterocycles. The highest BCUT2D eigenvalue weighted by atomic mass is 16.5. The molecule has 0 saturated carbocycles. The van der Waals surface area contributed by atoms with E-state index in [1.807, 2.05) is 17.9 Å². The minimum atomic E-state index is -0.441. The number of likely N-dealkylation sites (tertiary alicyclic amines) is 1. The predicted molar refractivity (Wildman–Crippen MR) is 108 cm³/mol. The van der Waals surface area contributed by atoms with Crippen LogP contribution in [0.4, 0.5) is 0 Å². The van der Waals surface area contributed by atoms with Gasteiger partial charge >= 0.3 is 5.97 Å². The van der Waals surface area contributed by atoms with Crippen LogP contribution in [0.2, 0.25) is 0 Å². The number of esters is 1. The maximum atomic E-state index is 11.9. The van der Waals surface area contributed by atoms with Crippen LogP contribution in [0.1, 0.15) is 42.1 Å². The number of hydrogen-bond donors (Lipinski definition) is 2. The molecule has 1 amide bonds. The molecule has 0 bridgehead atoms. The van der Waals surface area contributed by atoms with Gasteiger partial charge < -0.3 is 25.0 Å². The van der Waals surface area contributed by atoms with E-state index in [1.165, 1.54) is 14.2 Å². The van der Waals surface area contributed by atoms with E-state index in [2.05, 4.69) is 15.6 Å². The van der Waals surface area contributed by atoms with E-state index in [0.717, 1.165) is 44.6 Å². The van der Waals surface area contributed by atoms with E-state index in [4.69, 9.17) is 9.47 Å². The summed E-state index contributed by atoms with van der Waals surface area (Å²) in [6, 6.07) is 5.35. The predicted octanol–water partition coefficient (Wildman–Crippen LogP) is 1.55. The molecule has 0 aliphatic carbocycles. The van der Waals surface area contributed by atoms with Gasteiger partial charge in [0.2, 0.25) is 5.91 Å². The van der Waals surface area contributed by atoms with E-state index in [9.17, 15) is 9.59 Å². The van der Waals surface area contributed by atoms with Crippen molar-refractivity contribution in [2.24, 2.45) is 4.99 Å². The van der Waals surface area contributed by atoms with Crippen LogP contribution in [-0.2, 0) is 16.1 Å². The summed E-state index contributed by atoms with van der Waals surface area (Å²) in [7, 11) is 2.86. The molecule has 8 nitrogen and oxygen atoms in total. The third-order valence-electron chi connectivity index (χ3n) is 4.50. The Morgan fingerprint density at radius 3 is 2.75 bits per heavy atom. The van der Waals surface area contributed by atoms with Gasteiger partial charge in [0.25, 0.3) is 0 Å². The summed E-state index contributed by atoms with van der Waals surface area (Å²) in [4.78, 5) is 30.0. The van der Waals surface area contributed by atoms with Gasteiger partial charge in [0.1, 0.15) is 11.3 Å². The van der Waals surface area contributed by atoms with Gasteiger partial charge in [-0.3, -0.25) is 4.79 Å². The van der Waals surface area contributed by atoms with Crippen LogP contribution in [0.15, 0.2) is 23.2 Å². The maximum Gasteiger partial charge on any atom is 0.341 e. The van der Waals surface area contributed by atoms with Gasteiger partial charge in [0.15, 0.2) is 5.96 Å². The lowest BCUT2D eigenvalue weighted by Gasteiger charge is -2.16. The smallest absolute Gasteiger partial charge is 0.341 e. The molecule has 154 valence electrons. The van der Waals surface area contributed by atoms with Crippen LogP contribution in [0.25, 0.3) is 0 Å². The van der Waals surface area contributed by atoms with Crippen molar-refractivity contribution in [3.05, 3.63) is 29.3 Å². The lowest BCUT2D eigenvalue weighted by atomic mass is 10.1. The maximum absolute atomic E-state index is 11.9. The highest BCUT2D eigenvalue weighted by Gasteiger charge is 2.19. The second-order valence-electron chi connectivity index (χ2n) is 6.49. The number of amides is 1. The molecule has 1 saturated heterocycles. The van der Waals surface area contributed by atoms with Crippen molar-refractivity contribution in [2.45, 2.75) is 32.7 Å². The molecule has 28 heavy (non-hydrogen) atoms. The highest BCUT2D eigenvalue weighted by molar-refractivity contribution is 5.92. The number of carbonyl (C=O) groups is 2. The molecule has 1 aromatic carbocycles. The number of aliphatic imine (C=N–C) groups is 1. The molecule has 0 spiro atoms. The first-order chi connectivity index (χ1) is 13.6. The Balaban J connectivity index is 1.92. The molecule has 2 N–H and O–H groups in total. The molecule has 0 radical (unpaired) electrons. The van der Waals surface area contributed by atoms with Crippen molar-refractivity contribution in [3.63, 3.8) is 0 Å². The van der Waals surface area contributed by atoms with Crippen molar-refractivity contribution in [1.82, 2.24) is 15.5 Å². The Morgan fingerprint density at radius 2 is 2.11 bits per heavy atom. The number of methoxy groups -OCH3 is 2. The fourth-order valence-electron chi connectivity index (χ4n) is 3.05. The summed E-state index contributed by atoms with van der Waals surface area (Å²) in [5.41, 5.74) is 1.26.